The minimum Gasteiger partial charge on any atom is -0.493 e. The summed E-state index contributed by atoms with van der Waals surface area (Å²) in [5, 5.41) is 10.5. The molecule has 0 bridgehead atoms. The number of aromatic nitrogens is 4. The van der Waals surface area contributed by atoms with Gasteiger partial charge in [0.1, 0.15) is 17.0 Å². The lowest BCUT2D eigenvalue weighted by atomic mass is 10.2. The first-order valence-electron chi connectivity index (χ1n) is 8.22. The summed E-state index contributed by atoms with van der Waals surface area (Å²) in [4.78, 5) is 19.9. The summed E-state index contributed by atoms with van der Waals surface area (Å²) in [6.45, 7) is 0. The van der Waals surface area contributed by atoms with Gasteiger partial charge in [-0.25, -0.2) is 4.98 Å². The second-order valence-corrected chi connectivity index (χ2v) is 5.77. The number of benzene rings is 2. The van der Waals surface area contributed by atoms with E-state index in [4.69, 9.17) is 9.47 Å². The highest BCUT2D eigenvalue weighted by Crippen LogP contribution is 2.31. The Bertz CT molecular complexity index is 1150. The number of hydrogen-bond acceptors (Lipinski definition) is 6. The molecular weight excluding hydrogens is 346 g/mol. The smallest absolute Gasteiger partial charge is 0.264 e. The number of fused-ring (bicyclic) bond motifs is 1. The molecule has 0 fully saturated rings. The summed E-state index contributed by atoms with van der Waals surface area (Å²) >= 11 is 0. The second kappa shape index (κ2) is 6.83. The van der Waals surface area contributed by atoms with Crippen LogP contribution in [0.5, 0.6) is 11.5 Å². The number of methoxy groups -OCH3 is 2. The Morgan fingerprint density at radius 3 is 2.52 bits per heavy atom. The quantitative estimate of drug-likeness (QED) is 0.503. The van der Waals surface area contributed by atoms with Gasteiger partial charge in [-0.15, -0.1) is 0 Å². The summed E-state index contributed by atoms with van der Waals surface area (Å²) in [7, 11) is 3.12. The number of rotatable bonds is 5. The zero-order valence-corrected chi connectivity index (χ0v) is 14.7. The van der Waals surface area contributed by atoms with Crippen LogP contribution >= 0.6 is 0 Å². The van der Waals surface area contributed by atoms with Gasteiger partial charge >= 0.3 is 0 Å². The maximum Gasteiger partial charge on any atom is 0.264 e. The molecule has 0 amide bonds. The highest BCUT2D eigenvalue weighted by atomic mass is 16.5. The number of anilines is 2. The first-order valence-corrected chi connectivity index (χ1v) is 8.22. The number of aromatic amines is 2. The molecule has 27 heavy (non-hydrogen) atoms. The highest BCUT2D eigenvalue weighted by molar-refractivity contribution is 5.89. The Hall–Kier alpha value is -3.81. The topological polar surface area (TPSA) is 105 Å². The Morgan fingerprint density at radius 1 is 1.00 bits per heavy atom. The average molecular weight is 363 g/mol. The van der Waals surface area contributed by atoms with Crippen LogP contribution in [0.4, 0.5) is 11.5 Å². The van der Waals surface area contributed by atoms with Crippen LogP contribution in [-0.2, 0) is 0 Å². The lowest BCUT2D eigenvalue weighted by molar-refractivity contribution is 0.355. The van der Waals surface area contributed by atoms with Gasteiger partial charge in [0.05, 0.1) is 14.2 Å². The number of hydrogen-bond donors (Lipinski definition) is 3. The fourth-order valence-electron chi connectivity index (χ4n) is 2.81. The van der Waals surface area contributed by atoms with Gasteiger partial charge in [-0.05, 0) is 30.3 Å². The van der Waals surface area contributed by atoms with Gasteiger partial charge in [0.2, 0.25) is 0 Å². The minimum absolute atomic E-state index is 0.294. The van der Waals surface area contributed by atoms with Crippen molar-refractivity contribution in [2.75, 3.05) is 19.5 Å². The lowest BCUT2D eigenvalue weighted by Gasteiger charge is -2.09. The first kappa shape index (κ1) is 16.6. The molecule has 0 aliphatic heterocycles. The van der Waals surface area contributed by atoms with Crippen LogP contribution in [0.2, 0.25) is 0 Å². The minimum atomic E-state index is -0.294. The van der Waals surface area contributed by atoms with Gasteiger partial charge in [0, 0.05) is 11.3 Å². The van der Waals surface area contributed by atoms with Crippen LogP contribution in [0.15, 0.2) is 53.3 Å². The summed E-state index contributed by atoms with van der Waals surface area (Å²) in [5.74, 6) is 2.03. The zero-order valence-electron chi connectivity index (χ0n) is 14.7. The van der Waals surface area contributed by atoms with Crippen LogP contribution in [0.3, 0.4) is 0 Å². The molecule has 8 nitrogen and oxygen atoms in total. The van der Waals surface area contributed by atoms with Gasteiger partial charge in [-0.1, -0.05) is 18.2 Å². The van der Waals surface area contributed by atoms with E-state index in [2.05, 4.69) is 25.5 Å². The largest absolute Gasteiger partial charge is 0.493 e. The van der Waals surface area contributed by atoms with Gasteiger partial charge in [-0.3, -0.25) is 9.89 Å². The molecule has 0 saturated heterocycles. The third kappa shape index (κ3) is 3.08. The predicted octanol–water partition coefficient (Wildman–Crippen LogP) is 3.07. The van der Waals surface area contributed by atoms with Crippen molar-refractivity contribution in [2.45, 2.75) is 0 Å². The number of nitrogens with zero attached hydrogens (tertiary/aromatic N) is 2. The SMILES string of the molecule is COc1ccc(-c2nc3n[nH]c(Nc4ccccc4)c3c(=O)[nH]2)cc1OC. The van der Waals surface area contributed by atoms with E-state index in [1.54, 1.807) is 32.4 Å². The molecule has 2 heterocycles. The molecule has 2 aromatic carbocycles. The molecule has 0 unspecified atom stereocenters. The van der Waals surface area contributed by atoms with Crippen LogP contribution in [0.1, 0.15) is 0 Å². The maximum atomic E-state index is 12.7. The fourth-order valence-corrected chi connectivity index (χ4v) is 2.81. The van der Waals surface area contributed by atoms with Crippen molar-refractivity contribution in [1.29, 1.82) is 0 Å². The predicted molar refractivity (Wildman–Crippen MR) is 103 cm³/mol. The van der Waals surface area contributed by atoms with Crippen molar-refractivity contribution >= 4 is 22.5 Å². The van der Waals surface area contributed by atoms with E-state index in [1.165, 1.54) is 0 Å². The molecule has 4 rings (SSSR count). The Labute approximate surface area is 154 Å². The molecule has 2 aromatic heterocycles. The van der Waals surface area contributed by atoms with Crippen LogP contribution < -0.4 is 20.3 Å². The number of ether oxygens (including phenoxy) is 2. The van der Waals surface area contributed by atoms with Gasteiger partial charge < -0.3 is 19.8 Å². The molecule has 136 valence electrons. The van der Waals surface area contributed by atoms with E-state index in [-0.39, 0.29) is 5.56 Å². The molecular formula is C19H17N5O3. The van der Waals surface area contributed by atoms with Crippen molar-refractivity contribution < 1.29 is 9.47 Å². The van der Waals surface area contributed by atoms with E-state index >= 15 is 0 Å². The van der Waals surface area contributed by atoms with Gasteiger partial charge in [0.25, 0.3) is 5.56 Å². The summed E-state index contributed by atoms with van der Waals surface area (Å²) < 4.78 is 10.5. The van der Waals surface area contributed by atoms with Crippen LogP contribution in [0, 0.1) is 0 Å². The van der Waals surface area contributed by atoms with Crippen molar-refractivity contribution in [1.82, 2.24) is 20.2 Å². The second-order valence-electron chi connectivity index (χ2n) is 5.77. The third-order valence-corrected chi connectivity index (χ3v) is 4.12. The third-order valence-electron chi connectivity index (χ3n) is 4.12. The normalized spacial score (nSPS) is 10.7. The highest BCUT2D eigenvalue weighted by Gasteiger charge is 2.15. The van der Waals surface area contributed by atoms with E-state index in [0.717, 1.165) is 5.69 Å². The Balaban J connectivity index is 1.76. The molecule has 0 atom stereocenters. The molecule has 0 radical (unpaired) electrons. The average Bonchev–Trinajstić information content (AvgIpc) is 3.11. The zero-order chi connectivity index (χ0) is 18.8. The summed E-state index contributed by atoms with van der Waals surface area (Å²) in [6, 6.07) is 14.8. The number of H-pyrrole nitrogens is 2. The van der Waals surface area contributed by atoms with E-state index in [1.807, 2.05) is 30.3 Å². The molecule has 4 aromatic rings. The first-order chi connectivity index (χ1) is 13.2. The van der Waals surface area contributed by atoms with Crippen molar-refractivity contribution in [3.63, 3.8) is 0 Å². The Morgan fingerprint density at radius 2 is 1.78 bits per heavy atom. The summed E-state index contributed by atoms with van der Waals surface area (Å²) in [5.41, 5.74) is 1.55. The van der Waals surface area contributed by atoms with Crippen LogP contribution in [0.25, 0.3) is 22.4 Å². The van der Waals surface area contributed by atoms with E-state index in [0.29, 0.717) is 39.7 Å². The monoisotopic (exact) mass is 363 g/mol. The molecule has 8 heteroatoms. The van der Waals surface area contributed by atoms with E-state index in [9.17, 15) is 4.79 Å². The van der Waals surface area contributed by atoms with Gasteiger partial charge in [0.15, 0.2) is 17.1 Å². The molecule has 0 aliphatic rings. The van der Waals surface area contributed by atoms with Crippen LogP contribution in [-0.4, -0.2) is 34.4 Å². The number of para-hydroxylation sites is 1. The molecule has 0 saturated carbocycles. The van der Waals surface area contributed by atoms with Crippen molar-refractivity contribution in [3.05, 3.63) is 58.9 Å². The standard InChI is InChI=1S/C19H17N5O3/c1-26-13-9-8-11(10-14(13)27-2)16-21-18-15(19(25)22-16)17(23-24-18)20-12-6-4-3-5-7-12/h3-10H,1-2H3,(H3,20,21,22,23,24,25). The maximum absolute atomic E-state index is 12.7. The van der Waals surface area contributed by atoms with E-state index < -0.39 is 0 Å². The lowest BCUT2D eigenvalue weighted by Crippen LogP contribution is -2.10. The number of nitrogens with one attached hydrogen (secondary N) is 3. The van der Waals surface area contributed by atoms with Gasteiger partial charge in [-0.2, -0.15) is 5.10 Å². The molecule has 0 aliphatic carbocycles. The Kier molecular flexibility index (Phi) is 4.21. The van der Waals surface area contributed by atoms with Crippen molar-refractivity contribution in [2.24, 2.45) is 0 Å². The van der Waals surface area contributed by atoms with Crippen molar-refractivity contribution in [3.8, 4) is 22.9 Å². The molecule has 3 N–H and O–H groups in total. The summed E-state index contributed by atoms with van der Waals surface area (Å²) in [6.07, 6.45) is 0. The molecule has 0 spiro atoms. The fraction of sp³-hybridized carbons (Fsp3) is 0.105.